The number of hydrogen-bond acceptors (Lipinski definition) is 5. The molecule has 3 rings (SSSR count). The van der Waals surface area contributed by atoms with Crippen LogP contribution in [0.5, 0.6) is 0 Å². The normalized spacial score (nSPS) is 10.9. The van der Waals surface area contributed by atoms with E-state index in [0.717, 1.165) is 5.65 Å². The number of nitrogens with zero attached hydrogens (tertiary/aromatic N) is 5. The summed E-state index contributed by atoms with van der Waals surface area (Å²) in [6.45, 7) is 0. The zero-order chi connectivity index (χ0) is 11.8. The Labute approximate surface area is 105 Å². The van der Waals surface area contributed by atoms with E-state index in [2.05, 4.69) is 36.0 Å². The van der Waals surface area contributed by atoms with Crippen molar-refractivity contribution in [2.45, 2.75) is 0 Å². The summed E-state index contributed by atoms with van der Waals surface area (Å²) in [7, 11) is 0. The molecule has 7 heteroatoms. The van der Waals surface area contributed by atoms with Crippen LogP contribution >= 0.6 is 15.9 Å². The van der Waals surface area contributed by atoms with Gasteiger partial charge in [0.2, 0.25) is 5.82 Å². The molecule has 3 aromatic heterocycles. The minimum absolute atomic E-state index is 0.309. The van der Waals surface area contributed by atoms with E-state index >= 15 is 0 Å². The van der Waals surface area contributed by atoms with Crippen LogP contribution < -0.4 is 5.73 Å². The predicted molar refractivity (Wildman–Crippen MR) is 66.1 cm³/mol. The molecule has 0 aliphatic carbocycles. The van der Waals surface area contributed by atoms with Crippen LogP contribution in [0.1, 0.15) is 0 Å². The predicted octanol–water partition coefficient (Wildman–Crippen LogP) is 1.53. The third kappa shape index (κ3) is 1.74. The van der Waals surface area contributed by atoms with E-state index in [1.54, 1.807) is 4.52 Å². The average molecular weight is 291 g/mol. The zero-order valence-electron chi connectivity index (χ0n) is 8.58. The Morgan fingerprint density at radius 2 is 2.12 bits per heavy atom. The number of fused-ring (bicyclic) bond motifs is 1. The Morgan fingerprint density at radius 1 is 1.24 bits per heavy atom. The van der Waals surface area contributed by atoms with Crippen molar-refractivity contribution in [3.8, 4) is 11.5 Å². The second-order valence-electron chi connectivity index (χ2n) is 3.37. The summed E-state index contributed by atoms with van der Waals surface area (Å²) >= 11 is 3.25. The second-order valence-corrected chi connectivity index (χ2v) is 4.18. The van der Waals surface area contributed by atoms with Gasteiger partial charge in [0.1, 0.15) is 4.60 Å². The number of rotatable bonds is 1. The highest BCUT2D eigenvalue weighted by Gasteiger charge is 2.12. The molecule has 3 heterocycles. The van der Waals surface area contributed by atoms with E-state index in [1.165, 1.54) is 6.20 Å². The van der Waals surface area contributed by atoms with Crippen molar-refractivity contribution in [3.05, 3.63) is 35.2 Å². The molecule has 0 spiro atoms. The number of halogens is 1. The Bertz CT molecular complexity index is 659. The van der Waals surface area contributed by atoms with E-state index in [4.69, 9.17) is 5.73 Å². The van der Waals surface area contributed by atoms with Gasteiger partial charge in [0, 0.05) is 6.20 Å². The first-order chi connectivity index (χ1) is 8.24. The van der Waals surface area contributed by atoms with E-state index < -0.39 is 0 Å². The van der Waals surface area contributed by atoms with Gasteiger partial charge in [0.15, 0.2) is 17.2 Å². The molecule has 6 nitrogen and oxygen atoms in total. The Hall–Kier alpha value is -2.02. The van der Waals surface area contributed by atoms with Crippen molar-refractivity contribution in [3.63, 3.8) is 0 Å². The van der Waals surface area contributed by atoms with Crippen LogP contribution in [0.2, 0.25) is 0 Å². The highest BCUT2D eigenvalue weighted by Crippen LogP contribution is 2.20. The molecule has 0 aromatic carbocycles. The topological polar surface area (TPSA) is 82.0 Å². The lowest BCUT2D eigenvalue weighted by atomic mass is 10.4. The van der Waals surface area contributed by atoms with E-state index in [0.29, 0.717) is 21.9 Å². The van der Waals surface area contributed by atoms with Crippen molar-refractivity contribution in [1.29, 1.82) is 0 Å². The lowest BCUT2D eigenvalue weighted by Crippen LogP contribution is -1.98. The highest BCUT2D eigenvalue weighted by molar-refractivity contribution is 9.10. The lowest BCUT2D eigenvalue weighted by Gasteiger charge is -1.98. The number of nitrogens with two attached hydrogens (primary N) is 1. The van der Waals surface area contributed by atoms with Gasteiger partial charge in [-0.2, -0.15) is 0 Å². The van der Waals surface area contributed by atoms with Gasteiger partial charge in [-0.05, 0) is 28.1 Å². The second kappa shape index (κ2) is 3.77. The largest absolute Gasteiger partial charge is 0.382 e. The summed E-state index contributed by atoms with van der Waals surface area (Å²) in [5, 5.41) is 4.29. The van der Waals surface area contributed by atoms with Crippen LogP contribution in [0.25, 0.3) is 17.2 Å². The Kier molecular flexibility index (Phi) is 2.25. The number of pyridine rings is 1. The first-order valence-electron chi connectivity index (χ1n) is 4.84. The number of hydrogen-bond donors (Lipinski definition) is 1. The van der Waals surface area contributed by atoms with Crippen molar-refractivity contribution in [2.24, 2.45) is 0 Å². The zero-order valence-corrected chi connectivity index (χ0v) is 10.2. The van der Waals surface area contributed by atoms with Gasteiger partial charge < -0.3 is 5.73 Å². The van der Waals surface area contributed by atoms with Gasteiger partial charge in [-0.25, -0.2) is 19.5 Å². The average Bonchev–Trinajstić information content (AvgIpc) is 2.75. The molecule has 0 fully saturated rings. The molecule has 0 saturated heterocycles. The molecule has 3 aromatic rings. The summed E-state index contributed by atoms with van der Waals surface area (Å²) in [4.78, 5) is 12.6. The fraction of sp³-hybridized carbons (Fsp3) is 0. The maximum Gasteiger partial charge on any atom is 0.204 e. The van der Waals surface area contributed by atoms with Crippen molar-refractivity contribution >= 4 is 27.4 Å². The van der Waals surface area contributed by atoms with Crippen LogP contribution in [-0.4, -0.2) is 24.6 Å². The summed E-state index contributed by atoms with van der Waals surface area (Å²) in [5.41, 5.74) is 6.97. The van der Waals surface area contributed by atoms with E-state index in [-0.39, 0.29) is 0 Å². The van der Waals surface area contributed by atoms with Crippen LogP contribution in [0, 0.1) is 0 Å². The molecule has 17 heavy (non-hydrogen) atoms. The van der Waals surface area contributed by atoms with Gasteiger partial charge in [-0.15, -0.1) is 5.10 Å². The smallest absolute Gasteiger partial charge is 0.204 e. The molecule has 0 bridgehead atoms. The molecule has 0 amide bonds. The molecule has 0 aliphatic heterocycles. The van der Waals surface area contributed by atoms with Gasteiger partial charge >= 0.3 is 0 Å². The quantitative estimate of drug-likeness (QED) is 0.735. The molecular weight excluding hydrogens is 284 g/mol. The molecule has 0 radical (unpaired) electrons. The van der Waals surface area contributed by atoms with Crippen LogP contribution in [0.4, 0.5) is 5.82 Å². The van der Waals surface area contributed by atoms with Crippen LogP contribution in [0.15, 0.2) is 35.2 Å². The van der Waals surface area contributed by atoms with Crippen molar-refractivity contribution in [2.75, 3.05) is 5.73 Å². The highest BCUT2D eigenvalue weighted by atomic mass is 79.9. The summed E-state index contributed by atoms with van der Waals surface area (Å²) < 4.78 is 2.26. The number of aromatic nitrogens is 5. The minimum Gasteiger partial charge on any atom is -0.382 e. The Morgan fingerprint density at radius 3 is 2.94 bits per heavy atom. The minimum atomic E-state index is 0.309. The first kappa shape index (κ1) is 10.2. The van der Waals surface area contributed by atoms with Gasteiger partial charge in [-0.1, -0.05) is 6.07 Å². The molecule has 0 atom stereocenters. The summed E-state index contributed by atoms with van der Waals surface area (Å²) in [6, 6.07) is 5.63. The molecular formula is C10H7BrN6. The SMILES string of the molecule is Nc1ncc(Br)nc1-c1nc2ccccn2n1. The van der Waals surface area contributed by atoms with Gasteiger partial charge in [0.05, 0.1) is 6.20 Å². The monoisotopic (exact) mass is 290 g/mol. The Balaban J connectivity index is 2.23. The maximum absolute atomic E-state index is 5.76. The summed E-state index contributed by atoms with van der Waals surface area (Å²) in [6.07, 6.45) is 3.35. The van der Waals surface area contributed by atoms with Gasteiger partial charge in [0.25, 0.3) is 0 Å². The maximum atomic E-state index is 5.76. The molecule has 0 aliphatic rings. The fourth-order valence-electron chi connectivity index (χ4n) is 1.47. The van der Waals surface area contributed by atoms with Crippen LogP contribution in [-0.2, 0) is 0 Å². The fourth-order valence-corrected chi connectivity index (χ4v) is 1.75. The van der Waals surface area contributed by atoms with Crippen molar-refractivity contribution in [1.82, 2.24) is 24.6 Å². The van der Waals surface area contributed by atoms with E-state index in [9.17, 15) is 0 Å². The number of nitrogen functional groups attached to an aromatic ring is 1. The van der Waals surface area contributed by atoms with Crippen LogP contribution in [0.3, 0.4) is 0 Å². The van der Waals surface area contributed by atoms with Crippen molar-refractivity contribution < 1.29 is 0 Å². The van der Waals surface area contributed by atoms with E-state index in [1.807, 2.05) is 24.4 Å². The number of anilines is 1. The summed E-state index contributed by atoms with van der Waals surface area (Å²) in [5.74, 6) is 0.770. The van der Waals surface area contributed by atoms with Gasteiger partial charge in [-0.3, -0.25) is 0 Å². The lowest BCUT2D eigenvalue weighted by molar-refractivity contribution is 0.960. The molecule has 84 valence electrons. The molecule has 0 saturated carbocycles. The third-order valence-electron chi connectivity index (χ3n) is 2.22. The standard InChI is InChI=1S/C10H7BrN6/c11-6-5-13-9(12)8(14-6)10-15-7-3-1-2-4-17(7)16-10/h1-5H,(H2,12,13). The first-order valence-corrected chi connectivity index (χ1v) is 5.63. The third-order valence-corrected chi connectivity index (χ3v) is 2.61. The molecule has 2 N–H and O–H groups in total. The molecule has 0 unspecified atom stereocenters.